The molecule has 1 heterocycles. The first-order valence-electron chi connectivity index (χ1n) is 6.42. The number of benzene rings is 1. The van der Waals surface area contributed by atoms with Crippen LogP contribution in [-0.4, -0.2) is 36.3 Å². The number of nitrogens with one attached hydrogen (secondary N) is 1. The minimum Gasteiger partial charge on any atom is -0.376 e. The average molecular weight is 264 g/mol. The molecular formula is C14H20N2OS. The number of ether oxygens (including phenoxy) is 1. The topological polar surface area (TPSA) is 24.5 Å². The van der Waals surface area contributed by atoms with Gasteiger partial charge in [-0.05, 0) is 30.6 Å². The van der Waals surface area contributed by atoms with Crippen molar-refractivity contribution < 1.29 is 4.74 Å². The summed E-state index contributed by atoms with van der Waals surface area (Å²) in [6.07, 6.45) is 2.62. The minimum atomic E-state index is 0.319. The summed E-state index contributed by atoms with van der Waals surface area (Å²) < 4.78 is 5.69. The predicted molar refractivity (Wildman–Crippen MR) is 77.5 cm³/mol. The van der Waals surface area contributed by atoms with Crippen LogP contribution in [0.1, 0.15) is 18.4 Å². The fourth-order valence-electron chi connectivity index (χ4n) is 2.22. The molecule has 0 aromatic heterocycles. The van der Waals surface area contributed by atoms with Gasteiger partial charge in [0.15, 0.2) is 5.11 Å². The van der Waals surface area contributed by atoms with Crippen LogP contribution in [0.5, 0.6) is 0 Å². The third kappa shape index (κ3) is 3.68. The molecule has 0 aliphatic carbocycles. The Labute approximate surface area is 114 Å². The number of nitrogens with zero attached hydrogens (tertiary/aromatic N) is 1. The molecule has 1 aromatic rings. The standard InChI is InChI=1S/C14H20N2OS/c1-15-14(18)16(11-13-8-5-9-17-13)10-12-6-3-2-4-7-12/h2-4,6-7,13H,5,8-11H2,1H3,(H,15,18)/t13-/m0/s1. The lowest BCUT2D eigenvalue weighted by Crippen LogP contribution is -2.41. The summed E-state index contributed by atoms with van der Waals surface area (Å²) in [4.78, 5) is 2.18. The number of hydrogen-bond donors (Lipinski definition) is 1. The van der Waals surface area contributed by atoms with Gasteiger partial charge in [-0.1, -0.05) is 30.3 Å². The zero-order valence-corrected chi connectivity index (χ0v) is 11.6. The normalized spacial score (nSPS) is 18.6. The van der Waals surface area contributed by atoms with Crippen molar-refractivity contribution in [3.63, 3.8) is 0 Å². The molecule has 1 aliphatic rings. The molecule has 2 rings (SSSR count). The molecule has 1 aliphatic heterocycles. The van der Waals surface area contributed by atoms with E-state index in [2.05, 4.69) is 34.5 Å². The van der Waals surface area contributed by atoms with Crippen LogP contribution < -0.4 is 5.32 Å². The molecule has 98 valence electrons. The smallest absolute Gasteiger partial charge is 0.169 e. The Kier molecular flexibility index (Phi) is 4.96. The molecule has 1 aromatic carbocycles. The van der Waals surface area contributed by atoms with Gasteiger partial charge in [-0.15, -0.1) is 0 Å². The van der Waals surface area contributed by atoms with Crippen molar-refractivity contribution in [1.82, 2.24) is 10.2 Å². The van der Waals surface area contributed by atoms with Gasteiger partial charge in [0.1, 0.15) is 0 Å². The maximum Gasteiger partial charge on any atom is 0.169 e. The van der Waals surface area contributed by atoms with Gasteiger partial charge in [0.25, 0.3) is 0 Å². The molecule has 0 saturated carbocycles. The van der Waals surface area contributed by atoms with Crippen molar-refractivity contribution in [1.29, 1.82) is 0 Å². The van der Waals surface area contributed by atoms with Gasteiger partial charge < -0.3 is 15.0 Å². The average Bonchev–Trinajstić information content (AvgIpc) is 2.91. The van der Waals surface area contributed by atoms with Crippen LogP contribution >= 0.6 is 12.2 Å². The van der Waals surface area contributed by atoms with E-state index in [0.29, 0.717) is 6.10 Å². The lowest BCUT2D eigenvalue weighted by molar-refractivity contribution is 0.0899. The van der Waals surface area contributed by atoms with E-state index in [1.54, 1.807) is 0 Å². The molecule has 1 N–H and O–H groups in total. The van der Waals surface area contributed by atoms with Crippen LogP contribution in [0.25, 0.3) is 0 Å². The van der Waals surface area contributed by atoms with E-state index < -0.39 is 0 Å². The molecule has 0 spiro atoms. The minimum absolute atomic E-state index is 0.319. The zero-order valence-electron chi connectivity index (χ0n) is 10.8. The Balaban J connectivity index is 1.98. The van der Waals surface area contributed by atoms with E-state index in [-0.39, 0.29) is 0 Å². The Morgan fingerprint density at radius 2 is 2.22 bits per heavy atom. The van der Waals surface area contributed by atoms with E-state index in [1.165, 1.54) is 5.56 Å². The Morgan fingerprint density at radius 1 is 1.44 bits per heavy atom. The number of thiocarbonyl (C=S) groups is 1. The van der Waals surface area contributed by atoms with Gasteiger partial charge >= 0.3 is 0 Å². The highest BCUT2D eigenvalue weighted by molar-refractivity contribution is 7.80. The zero-order chi connectivity index (χ0) is 12.8. The molecule has 1 atom stereocenters. The highest BCUT2D eigenvalue weighted by Gasteiger charge is 2.20. The maximum absolute atomic E-state index is 5.69. The quantitative estimate of drug-likeness (QED) is 0.842. The fraction of sp³-hybridized carbons (Fsp3) is 0.500. The second-order valence-corrected chi connectivity index (χ2v) is 4.94. The van der Waals surface area contributed by atoms with Gasteiger partial charge in [-0.3, -0.25) is 0 Å². The molecular weight excluding hydrogens is 244 g/mol. The van der Waals surface area contributed by atoms with Gasteiger partial charge in [0.05, 0.1) is 6.10 Å². The van der Waals surface area contributed by atoms with Gasteiger partial charge in [-0.2, -0.15) is 0 Å². The first-order valence-corrected chi connectivity index (χ1v) is 6.82. The largest absolute Gasteiger partial charge is 0.376 e. The molecule has 0 amide bonds. The van der Waals surface area contributed by atoms with Crippen LogP contribution in [-0.2, 0) is 11.3 Å². The van der Waals surface area contributed by atoms with Crippen molar-refractivity contribution >= 4 is 17.3 Å². The van der Waals surface area contributed by atoms with Crippen LogP contribution in [0.4, 0.5) is 0 Å². The van der Waals surface area contributed by atoms with Crippen molar-refractivity contribution in [3.05, 3.63) is 35.9 Å². The van der Waals surface area contributed by atoms with Crippen LogP contribution in [0.15, 0.2) is 30.3 Å². The third-order valence-corrected chi connectivity index (χ3v) is 3.63. The molecule has 0 unspecified atom stereocenters. The lowest BCUT2D eigenvalue weighted by atomic mass is 10.2. The first-order chi connectivity index (χ1) is 8.79. The van der Waals surface area contributed by atoms with Crippen molar-refractivity contribution in [2.45, 2.75) is 25.5 Å². The van der Waals surface area contributed by atoms with E-state index in [4.69, 9.17) is 17.0 Å². The predicted octanol–water partition coefficient (Wildman–Crippen LogP) is 2.17. The SMILES string of the molecule is CNC(=S)N(Cc1ccccc1)C[C@@H]1CCCO1. The summed E-state index contributed by atoms with van der Waals surface area (Å²) in [5.74, 6) is 0. The Hall–Kier alpha value is -1.13. The summed E-state index contributed by atoms with van der Waals surface area (Å²) in [6.45, 7) is 2.59. The molecule has 3 nitrogen and oxygen atoms in total. The van der Waals surface area contributed by atoms with Crippen molar-refractivity contribution in [2.24, 2.45) is 0 Å². The fourth-order valence-corrected chi connectivity index (χ4v) is 2.35. The molecule has 0 bridgehead atoms. The summed E-state index contributed by atoms with van der Waals surface area (Å²) in [5, 5.41) is 3.85. The molecule has 1 saturated heterocycles. The second-order valence-electron chi connectivity index (χ2n) is 4.56. The van der Waals surface area contributed by atoms with Gasteiger partial charge in [-0.25, -0.2) is 0 Å². The molecule has 0 radical (unpaired) electrons. The van der Waals surface area contributed by atoms with Crippen LogP contribution in [0.3, 0.4) is 0 Å². The maximum atomic E-state index is 5.69. The lowest BCUT2D eigenvalue weighted by Gasteiger charge is -2.27. The van der Waals surface area contributed by atoms with E-state index in [1.807, 2.05) is 13.1 Å². The van der Waals surface area contributed by atoms with Gasteiger partial charge in [0.2, 0.25) is 0 Å². The molecule has 18 heavy (non-hydrogen) atoms. The Bertz CT molecular complexity index is 377. The summed E-state index contributed by atoms with van der Waals surface area (Å²) in [6, 6.07) is 10.4. The van der Waals surface area contributed by atoms with Crippen molar-refractivity contribution in [3.8, 4) is 0 Å². The monoisotopic (exact) mass is 264 g/mol. The number of hydrogen-bond acceptors (Lipinski definition) is 2. The summed E-state index contributed by atoms with van der Waals surface area (Å²) >= 11 is 5.37. The van der Waals surface area contributed by atoms with Crippen LogP contribution in [0.2, 0.25) is 0 Å². The first kappa shape index (κ1) is 13.3. The molecule has 4 heteroatoms. The second kappa shape index (κ2) is 6.71. The summed E-state index contributed by atoms with van der Waals surface area (Å²) in [7, 11) is 1.87. The van der Waals surface area contributed by atoms with E-state index in [9.17, 15) is 0 Å². The van der Waals surface area contributed by atoms with E-state index >= 15 is 0 Å². The summed E-state index contributed by atoms with van der Waals surface area (Å²) in [5.41, 5.74) is 1.27. The van der Waals surface area contributed by atoms with Crippen molar-refractivity contribution in [2.75, 3.05) is 20.2 Å². The Morgan fingerprint density at radius 3 is 2.83 bits per heavy atom. The highest BCUT2D eigenvalue weighted by Crippen LogP contribution is 2.15. The third-order valence-electron chi connectivity index (χ3n) is 3.17. The van der Waals surface area contributed by atoms with Crippen LogP contribution in [0, 0.1) is 0 Å². The highest BCUT2D eigenvalue weighted by atomic mass is 32.1. The number of rotatable bonds is 4. The molecule has 1 fully saturated rings. The van der Waals surface area contributed by atoms with Gasteiger partial charge in [0, 0.05) is 26.7 Å². The van der Waals surface area contributed by atoms with E-state index in [0.717, 1.165) is 37.7 Å².